The third kappa shape index (κ3) is 4.35. The quantitative estimate of drug-likeness (QED) is 0.758. The van der Waals surface area contributed by atoms with E-state index in [1.165, 1.54) is 11.1 Å². The highest BCUT2D eigenvalue weighted by Crippen LogP contribution is 2.29. The van der Waals surface area contributed by atoms with Gasteiger partial charge in [-0.3, -0.25) is 9.59 Å². The first-order valence-electron chi connectivity index (χ1n) is 10.9. The van der Waals surface area contributed by atoms with Gasteiger partial charge in [-0.05, 0) is 55.4 Å². The maximum Gasteiger partial charge on any atom is 0.260 e. The van der Waals surface area contributed by atoms with Crippen molar-refractivity contribution in [1.82, 2.24) is 9.80 Å². The minimum Gasteiger partial charge on any atom is -0.483 e. The molecule has 1 fully saturated rings. The fourth-order valence-corrected chi connectivity index (χ4v) is 4.31. The Balaban J connectivity index is 1.42. The van der Waals surface area contributed by atoms with E-state index in [1.54, 1.807) is 0 Å². The number of benzene rings is 2. The van der Waals surface area contributed by atoms with Gasteiger partial charge in [0.05, 0.1) is 0 Å². The molecule has 158 valence electrons. The van der Waals surface area contributed by atoms with Gasteiger partial charge in [-0.1, -0.05) is 37.3 Å². The average Bonchev–Trinajstić information content (AvgIpc) is 2.76. The van der Waals surface area contributed by atoms with E-state index < -0.39 is 0 Å². The maximum absolute atomic E-state index is 13.1. The van der Waals surface area contributed by atoms with Gasteiger partial charge in [0.15, 0.2) is 6.61 Å². The summed E-state index contributed by atoms with van der Waals surface area (Å²) in [6.45, 7) is 7.22. The monoisotopic (exact) mass is 406 g/mol. The molecule has 0 radical (unpaired) electrons. The highest BCUT2D eigenvalue weighted by atomic mass is 16.5. The molecule has 0 atom stereocenters. The van der Waals surface area contributed by atoms with Crippen LogP contribution in [-0.2, 0) is 17.8 Å². The van der Waals surface area contributed by atoms with Crippen molar-refractivity contribution in [1.29, 1.82) is 0 Å². The largest absolute Gasteiger partial charge is 0.483 e. The van der Waals surface area contributed by atoms with Crippen LogP contribution in [0.15, 0.2) is 42.5 Å². The van der Waals surface area contributed by atoms with Gasteiger partial charge in [0.25, 0.3) is 11.8 Å². The van der Waals surface area contributed by atoms with E-state index in [9.17, 15) is 9.59 Å². The number of rotatable bonds is 5. The van der Waals surface area contributed by atoms with Crippen molar-refractivity contribution in [3.63, 3.8) is 0 Å². The van der Waals surface area contributed by atoms with E-state index in [-0.39, 0.29) is 18.4 Å². The lowest BCUT2D eigenvalue weighted by Crippen LogP contribution is -2.40. The Morgan fingerprint density at radius 2 is 1.83 bits per heavy atom. The lowest BCUT2D eigenvalue weighted by molar-refractivity contribution is -0.134. The molecule has 2 aromatic carbocycles. The molecule has 0 unspecified atom stereocenters. The van der Waals surface area contributed by atoms with E-state index in [0.29, 0.717) is 30.3 Å². The van der Waals surface area contributed by atoms with E-state index in [2.05, 4.69) is 26.0 Å². The Labute approximate surface area is 178 Å². The van der Waals surface area contributed by atoms with Gasteiger partial charge in [0.1, 0.15) is 5.75 Å². The topological polar surface area (TPSA) is 49.9 Å². The van der Waals surface area contributed by atoms with Crippen molar-refractivity contribution in [3.05, 3.63) is 64.7 Å². The molecule has 2 heterocycles. The van der Waals surface area contributed by atoms with Gasteiger partial charge >= 0.3 is 0 Å². The lowest BCUT2D eigenvalue weighted by Gasteiger charge is -2.31. The van der Waals surface area contributed by atoms with E-state index in [4.69, 9.17) is 4.74 Å². The number of amides is 2. The SMILES string of the molecule is Cc1ccccc1CN1CCc2c(OCC(=O)N3CCC(C)CC3)cccc2C1=O. The fourth-order valence-electron chi connectivity index (χ4n) is 4.31. The summed E-state index contributed by atoms with van der Waals surface area (Å²) < 4.78 is 5.91. The molecule has 5 nitrogen and oxygen atoms in total. The normalized spacial score (nSPS) is 17.1. The van der Waals surface area contributed by atoms with Crippen LogP contribution >= 0.6 is 0 Å². The number of hydrogen-bond acceptors (Lipinski definition) is 3. The molecule has 0 spiro atoms. The second kappa shape index (κ2) is 8.90. The minimum atomic E-state index is 0.0290. The Morgan fingerprint density at radius 3 is 2.60 bits per heavy atom. The molecule has 5 heteroatoms. The fraction of sp³-hybridized carbons (Fsp3) is 0.440. The molecule has 0 aliphatic carbocycles. The summed E-state index contributed by atoms with van der Waals surface area (Å²) in [6, 6.07) is 13.7. The summed E-state index contributed by atoms with van der Waals surface area (Å²) in [4.78, 5) is 29.4. The number of nitrogens with zero attached hydrogens (tertiary/aromatic N) is 2. The molecule has 30 heavy (non-hydrogen) atoms. The zero-order valence-electron chi connectivity index (χ0n) is 17.9. The number of hydrogen-bond donors (Lipinski definition) is 0. The summed E-state index contributed by atoms with van der Waals surface area (Å²) in [6.07, 6.45) is 2.84. The van der Waals surface area contributed by atoms with Crippen molar-refractivity contribution in [2.45, 2.75) is 39.7 Å². The molecular formula is C25H30N2O3. The first-order chi connectivity index (χ1) is 14.5. The van der Waals surface area contributed by atoms with Gasteiger partial charge in [-0.2, -0.15) is 0 Å². The molecular weight excluding hydrogens is 376 g/mol. The lowest BCUT2D eigenvalue weighted by atomic mass is 9.97. The van der Waals surface area contributed by atoms with Crippen molar-refractivity contribution in [2.75, 3.05) is 26.2 Å². The van der Waals surface area contributed by atoms with Crippen LogP contribution in [0.5, 0.6) is 5.75 Å². The average molecular weight is 407 g/mol. The summed E-state index contributed by atoms with van der Waals surface area (Å²) in [5.41, 5.74) is 3.97. The van der Waals surface area contributed by atoms with Crippen LogP contribution in [0.1, 0.15) is 46.8 Å². The predicted octanol–water partition coefficient (Wildman–Crippen LogP) is 3.83. The van der Waals surface area contributed by atoms with E-state index in [1.807, 2.05) is 40.1 Å². The third-order valence-corrected chi connectivity index (χ3v) is 6.39. The Morgan fingerprint density at radius 1 is 1.07 bits per heavy atom. The maximum atomic E-state index is 13.1. The van der Waals surface area contributed by atoms with Crippen LogP contribution in [0, 0.1) is 12.8 Å². The molecule has 4 rings (SSSR count). The van der Waals surface area contributed by atoms with Gasteiger partial charge in [0.2, 0.25) is 0 Å². The molecule has 0 bridgehead atoms. The standard InChI is InChI=1S/C25H30N2O3/c1-18-10-13-26(14-11-18)24(28)17-30-23-9-5-8-22-21(23)12-15-27(25(22)29)16-20-7-4-3-6-19(20)2/h3-9,18H,10-17H2,1-2H3. The zero-order valence-corrected chi connectivity index (χ0v) is 17.9. The highest BCUT2D eigenvalue weighted by Gasteiger charge is 2.27. The number of likely N-dealkylation sites (tertiary alicyclic amines) is 1. The highest BCUT2D eigenvalue weighted by molar-refractivity contribution is 5.97. The smallest absolute Gasteiger partial charge is 0.260 e. The summed E-state index contributed by atoms with van der Waals surface area (Å²) >= 11 is 0. The van der Waals surface area contributed by atoms with Gasteiger partial charge in [-0.25, -0.2) is 0 Å². The first-order valence-corrected chi connectivity index (χ1v) is 10.9. The van der Waals surface area contributed by atoms with Gasteiger partial charge in [0, 0.05) is 37.3 Å². The second-order valence-electron chi connectivity index (χ2n) is 8.54. The van der Waals surface area contributed by atoms with Crippen molar-refractivity contribution < 1.29 is 14.3 Å². The molecule has 0 saturated carbocycles. The van der Waals surface area contributed by atoms with Crippen LogP contribution in [0.3, 0.4) is 0 Å². The van der Waals surface area contributed by atoms with Gasteiger partial charge < -0.3 is 14.5 Å². The molecule has 2 aliphatic heterocycles. The summed E-state index contributed by atoms with van der Waals surface area (Å²) in [5, 5.41) is 0. The summed E-state index contributed by atoms with van der Waals surface area (Å²) in [7, 11) is 0. The molecule has 2 aliphatic rings. The number of aryl methyl sites for hydroxylation is 1. The number of carbonyl (C=O) groups excluding carboxylic acids is 2. The van der Waals surface area contributed by atoms with Crippen LogP contribution in [0.2, 0.25) is 0 Å². The Hall–Kier alpha value is -2.82. The van der Waals surface area contributed by atoms with Crippen LogP contribution in [0.25, 0.3) is 0 Å². The van der Waals surface area contributed by atoms with Gasteiger partial charge in [-0.15, -0.1) is 0 Å². The van der Waals surface area contributed by atoms with Crippen molar-refractivity contribution in [3.8, 4) is 5.75 Å². The molecule has 2 amide bonds. The number of ether oxygens (including phenoxy) is 1. The Bertz CT molecular complexity index is 932. The minimum absolute atomic E-state index is 0.0290. The third-order valence-electron chi connectivity index (χ3n) is 6.39. The number of piperidine rings is 1. The number of fused-ring (bicyclic) bond motifs is 1. The van der Waals surface area contributed by atoms with E-state index >= 15 is 0 Å². The Kier molecular flexibility index (Phi) is 6.07. The molecule has 1 saturated heterocycles. The summed E-state index contributed by atoms with van der Waals surface area (Å²) in [5.74, 6) is 1.41. The van der Waals surface area contributed by atoms with Crippen LogP contribution < -0.4 is 4.74 Å². The number of carbonyl (C=O) groups is 2. The molecule has 0 aromatic heterocycles. The van der Waals surface area contributed by atoms with E-state index in [0.717, 1.165) is 37.9 Å². The first kappa shape index (κ1) is 20.5. The van der Waals surface area contributed by atoms with Crippen LogP contribution in [0.4, 0.5) is 0 Å². The second-order valence-corrected chi connectivity index (χ2v) is 8.54. The molecule has 2 aromatic rings. The van der Waals surface area contributed by atoms with Crippen LogP contribution in [-0.4, -0.2) is 47.9 Å². The predicted molar refractivity (Wildman–Crippen MR) is 117 cm³/mol. The van der Waals surface area contributed by atoms with Crippen molar-refractivity contribution in [2.24, 2.45) is 5.92 Å². The zero-order chi connectivity index (χ0) is 21.1. The van der Waals surface area contributed by atoms with Crippen molar-refractivity contribution >= 4 is 11.8 Å². The molecule has 0 N–H and O–H groups in total.